The molecule has 122 valence electrons. The van der Waals surface area contributed by atoms with Crippen molar-refractivity contribution in [2.45, 2.75) is 57.2 Å². The molecule has 2 rings (SSSR count). The highest BCUT2D eigenvalue weighted by Crippen LogP contribution is 2.25. The van der Waals surface area contributed by atoms with Crippen molar-refractivity contribution in [3.63, 3.8) is 0 Å². The Bertz CT molecular complexity index is 363. The van der Waals surface area contributed by atoms with Crippen LogP contribution in [0.25, 0.3) is 0 Å². The van der Waals surface area contributed by atoms with E-state index in [1.807, 2.05) is 14.0 Å². The largest absolute Gasteiger partial charge is 0.468 e. The third kappa shape index (κ3) is 3.76. The molecule has 3 unspecified atom stereocenters. The summed E-state index contributed by atoms with van der Waals surface area (Å²) in [4.78, 5) is 17.2. The number of methoxy groups -OCH3 is 1. The number of piperazine rings is 1. The molecular formula is C16H31N3O2. The molecule has 5 heteroatoms. The van der Waals surface area contributed by atoms with Gasteiger partial charge in [-0.15, -0.1) is 0 Å². The summed E-state index contributed by atoms with van der Waals surface area (Å²) in [5.41, 5.74) is -0.599. The Labute approximate surface area is 129 Å². The van der Waals surface area contributed by atoms with Gasteiger partial charge in [0.25, 0.3) is 0 Å². The van der Waals surface area contributed by atoms with E-state index < -0.39 is 5.54 Å². The summed E-state index contributed by atoms with van der Waals surface area (Å²) in [6, 6.07) is 1.10. The van der Waals surface area contributed by atoms with Gasteiger partial charge in [0.1, 0.15) is 5.54 Å². The maximum atomic E-state index is 12.0. The molecule has 21 heavy (non-hydrogen) atoms. The summed E-state index contributed by atoms with van der Waals surface area (Å²) in [6.07, 6.45) is 4.82. The smallest absolute Gasteiger partial charge is 0.325 e. The molecule has 2 fully saturated rings. The molecule has 0 aromatic carbocycles. The zero-order valence-electron chi connectivity index (χ0n) is 14.0. The van der Waals surface area contributed by atoms with E-state index >= 15 is 0 Å². The molecule has 2 aliphatic rings. The number of nitrogens with one attached hydrogen (secondary N) is 1. The Kier molecular flexibility index (Phi) is 5.63. The van der Waals surface area contributed by atoms with Gasteiger partial charge in [0.05, 0.1) is 7.11 Å². The van der Waals surface area contributed by atoms with Crippen LogP contribution in [0.1, 0.15) is 39.5 Å². The van der Waals surface area contributed by atoms with Crippen molar-refractivity contribution in [2.24, 2.45) is 0 Å². The van der Waals surface area contributed by atoms with E-state index in [0.717, 1.165) is 19.5 Å². The van der Waals surface area contributed by atoms with Crippen molar-refractivity contribution in [2.75, 3.05) is 40.3 Å². The summed E-state index contributed by atoms with van der Waals surface area (Å²) in [5, 5.41) is 3.14. The molecule has 0 radical (unpaired) electrons. The van der Waals surface area contributed by atoms with Gasteiger partial charge in [0.2, 0.25) is 0 Å². The Balaban J connectivity index is 1.93. The number of esters is 1. The summed E-state index contributed by atoms with van der Waals surface area (Å²) in [6.45, 7) is 8.86. The van der Waals surface area contributed by atoms with Gasteiger partial charge in [-0.2, -0.15) is 0 Å². The van der Waals surface area contributed by atoms with Crippen LogP contribution in [0, 0.1) is 0 Å². The van der Waals surface area contributed by atoms with Gasteiger partial charge in [-0.1, -0.05) is 6.42 Å². The highest BCUT2D eigenvalue weighted by molar-refractivity contribution is 5.80. The maximum Gasteiger partial charge on any atom is 0.325 e. The number of hydrogen-bond donors (Lipinski definition) is 1. The predicted molar refractivity (Wildman–Crippen MR) is 84.3 cm³/mol. The Morgan fingerprint density at radius 1 is 1.38 bits per heavy atom. The van der Waals surface area contributed by atoms with Crippen molar-refractivity contribution in [1.82, 2.24) is 15.1 Å². The minimum absolute atomic E-state index is 0.173. The number of carbonyl (C=O) groups excluding carboxylic acids is 1. The molecule has 2 aliphatic heterocycles. The minimum atomic E-state index is -0.599. The van der Waals surface area contributed by atoms with Gasteiger partial charge in [0.15, 0.2) is 0 Å². The molecule has 0 saturated carbocycles. The van der Waals surface area contributed by atoms with Gasteiger partial charge in [-0.3, -0.25) is 14.6 Å². The second-order valence-corrected chi connectivity index (χ2v) is 6.81. The molecule has 0 aromatic heterocycles. The van der Waals surface area contributed by atoms with Crippen LogP contribution < -0.4 is 5.32 Å². The lowest BCUT2D eigenvalue weighted by Crippen LogP contribution is -2.59. The summed E-state index contributed by atoms with van der Waals surface area (Å²) < 4.78 is 4.95. The number of likely N-dealkylation sites (N-methyl/N-ethyl adjacent to an activating group) is 1. The second kappa shape index (κ2) is 7.07. The fourth-order valence-corrected chi connectivity index (χ4v) is 3.81. The lowest BCUT2D eigenvalue weighted by Gasteiger charge is -2.47. The maximum absolute atomic E-state index is 12.0. The minimum Gasteiger partial charge on any atom is -0.468 e. The highest BCUT2D eigenvalue weighted by Gasteiger charge is 2.37. The number of ether oxygens (including phenoxy) is 1. The molecule has 0 aromatic rings. The van der Waals surface area contributed by atoms with E-state index in [-0.39, 0.29) is 5.97 Å². The van der Waals surface area contributed by atoms with Crippen LogP contribution in [-0.2, 0) is 9.53 Å². The molecule has 3 atom stereocenters. The number of hydrogen-bond acceptors (Lipinski definition) is 5. The van der Waals surface area contributed by atoms with Crippen LogP contribution in [0.4, 0.5) is 0 Å². The molecule has 0 bridgehead atoms. The first-order chi connectivity index (χ1) is 10.00. The zero-order chi connectivity index (χ0) is 15.5. The monoisotopic (exact) mass is 297 g/mol. The summed E-state index contributed by atoms with van der Waals surface area (Å²) in [7, 11) is 3.30. The van der Waals surface area contributed by atoms with Gasteiger partial charge in [0, 0.05) is 31.7 Å². The normalized spacial score (nSPS) is 28.5. The quantitative estimate of drug-likeness (QED) is 0.770. The molecule has 0 spiro atoms. The van der Waals surface area contributed by atoms with Crippen LogP contribution in [0.5, 0.6) is 0 Å². The first-order valence-electron chi connectivity index (χ1n) is 8.25. The van der Waals surface area contributed by atoms with E-state index in [9.17, 15) is 4.79 Å². The summed E-state index contributed by atoms with van der Waals surface area (Å²) >= 11 is 0. The van der Waals surface area contributed by atoms with Gasteiger partial charge in [-0.25, -0.2) is 0 Å². The second-order valence-electron chi connectivity index (χ2n) is 6.81. The van der Waals surface area contributed by atoms with Crippen molar-refractivity contribution in [3.8, 4) is 0 Å². The highest BCUT2D eigenvalue weighted by atomic mass is 16.5. The molecule has 0 amide bonds. The lowest BCUT2D eigenvalue weighted by molar-refractivity contribution is -0.148. The predicted octanol–water partition coefficient (Wildman–Crippen LogP) is 1.09. The van der Waals surface area contributed by atoms with E-state index in [2.05, 4.69) is 22.0 Å². The van der Waals surface area contributed by atoms with Gasteiger partial charge < -0.3 is 10.1 Å². The van der Waals surface area contributed by atoms with E-state index in [0.29, 0.717) is 12.1 Å². The number of carbonyl (C=O) groups is 1. The molecule has 2 saturated heterocycles. The fourth-order valence-electron chi connectivity index (χ4n) is 3.81. The van der Waals surface area contributed by atoms with E-state index in [4.69, 9.17) is 4.74 Å². The van der Waals surface area contributed by atoms with Crippen LogP contribution in [0.15, 0.2) is 0 Å². The van der Waals surface area contributed by atoms with Crippen molar-refractivity contribution >= 4 is 5.97 Å². The standard InChI is InChI=1S/C16H31N3O2/c1-13(11-16(2,17-3)15(20)21-4)19-10-9-18-8-6-5-7-14(18)12-19/h13-14,17H,5-12H2,1-4H3. The summed E-state index contributed by atoms with van der Waals surface area (Å²) in [5.74, 6) is -0.173. The Morgan fingerprint density at radius 3 is 2.81 bits per heavy atom. The third-order valence-electron chi connectivity index (χ3n) is 5.38. The Hall–Kier alpha value is -0.650. The fraction of sp³-hybridized carbons (Fsp3) is 0.938. The molecule has 5 nitrogen and oxygen atoms in total. The average molecular weight is 297 g/mol. The topological polar surface area (TPSA) is 44.8 Å². The molecule has 2 heterocycles. The average Bonchev–Trinajstić information content (AvgIpc) is 2.53. The van der Waals surface area contributed by atoms with Gasteiger partial charge >= 0.3 is 5.97 Å². The number of fused-ring (bicyclic) bond motifs is 1. The van der Waals surface area contributed by atoms with Crippen LogP contribution in [0.3, 0.4) is 0 Å². The van der Waals surface area contributed by atoms with Crippen molar-refractivity contribution < 1.29 is 9.53 Å². The van der Waals surface area contributed by atoms with Crippen molar-refractivity contribution in [3.05, 3.63) is 0 Å². The van der Waals surface area contributed by atoms with Gasteiger partial charge in [-0.05, 0) is 46.7 Å². The molecular weight excluding hydrogens is 266 g/mol. The zero-order valence-corrected chi connectivity index (χ0v) is 14.0. The number of rotatable bonds is 5. The molecule has 0 aliphatic carbocycles. The van der Waals surface area contributed by atoms with Crippen LogP contribution in [0.2, 0.25) is 0 Å². The third-order valence-corrected chi connectivity index (χ3v) is 5.38. The van der Waals surface area contributed by atoms with Crippen LogP contribution >= 0.6 is 0 Å². The number of nitrogens with zero attached hydrogens (tertiary/aromatic N) is 2. The number of piperidine rings is 1. The SMILES string of the molecule is CNC(C)(CC(C)N1CCN2CCCCC2C1)C(=O)OC. The van der Waals surface area contributed by atoms with Crippen LogP contribution in [-0.4, -0.2) is 73.7 Å². The molecule has 1 N–H and O–H groups in total. The Morgan fingerprint density at radius 2 is 2.14 bits per heavy atom. The first kappa shape index (κ1) is 16.7. The first-order valence-corrected chi connectivity index (χ1v) is 8.25. The van der Waals surface area contributed by atoms with Crippen molar-refractivity contribution in [1.29, 1.82) is 0 Å². The van der Waals surface area contributed by atoms with E-state index in [1.165, 1.54) is 39.5 Å². The van der Waals surface area contributed by atoms with E-state index in [1.54, 1.807) is 0 Å². The lowest BCUT2D eigenvalue weighted by atomic mass is 9.91.